The number of anilines is 1. The number of nitrogens with one attached hydrogen (secondary N) is 1. The van der Waals surface area contributed by atoms with Gasteiger partial charge in [-0.2, -0.15) is 4.98 Å². The molecule has 2 aromatic rings. The second kappa shape index (κ2) is 6.68. The van der Waals surface area contributed by atoms with Gasteiger partial charge in [0.1, 0.15) is 18.2 Å². The third-order valence-corrected chi connectivity index (χ3v) is 2.50. The minimum Gasteiger partial charge on any atom is -0.472 e. The average Bonchev–Trinajstić information content (AvgIpc) is 2.45. The molecule has 1 heterocycles. The minimum absolute atomic E-state index is 0.137. The lowest BCUT2D eigenvalue weighted by atomic mass is 10.2. The van der Waals surface area contributed by atoms with Gasteiger partial charge in [-0.25, -0.2) is 4.39 Å². The molecule has 0 aliphatic rings. The van der Waals surface area contributed by atoms with Gasteiger partial charge in [-0.1, -0.05) is 25.1 Å². The van der Waals surface area contributed by atoms with Crippen molar-refractivity contribution in [2.45, 2.75) is 20.0 Å². The van der Waals surface area contributed by atoms with Crippen molar-refractivity contribution in [3.05, 3.63) is 48.0 Å². The van der Waals surface area contributed by atoms with E-state index in [4.69, 9.17) is 4.74 Å². The molecule has 100 valence electrons. The maximum Gasteiger partial charge on any atom is 0.234 e. The molecule has 0 aliphatic carbocycles. The molecule has 1 aromatic carbocycles. The van der Waals surface area contributed by atoms with Crippen molar-refractivity contribution in [3.63, 3.8) is 0 Å². The summed E-state index contributed by atoms with van der Waals surface area (Å²) in [6.45, 7) is 3.03. The smallest absolute Gasteiger partial charge is 0.234 e. The highest BCUT2D eigenvalue weighted by atomic mass is 19.1. The van der Waals surface area contributed by atoms with Crippen LogP contribution in [0.25, 0.3) is 0 Å². The monoisotopic (exact) mass is 261 g/mol. The summed E-state index contributed by atoms with van der Waals surface area (Å²) in [6, 6.07) is 6.51. The quantitative estimate of drug-likeness (QED) is 0.868. The normalized spacial score (nSPS) is 10.2. The summed E-state index contributed by atoms with van der Waals surface area (Å²) in [4.78, 5) is 8.27. The summed E-state index contributed by atoms with van der Waals surface area (Å²) in [5, 5.41) is 3.12. The van der Waals surface area contributed by atoms with E-state index in [1.165, 1.54) is 12.3 Å². The van der Waals surface area contributed by atoms with Crippen LogP contribution in [0, 0.1) is 5.82 Å². The van der Waals surface area contributed by atoms with E-state index >= 15 is 0 Å². The molecule has 0 aliphatic heterocycles. The Balaban J connectivity index is 1.98. The molecule has 4 nitrogen and oxygen atoms in total. The lowest BCUT2D eigenvalue weighted by molar-refractivity contribution is 0.287. The maximum atomic E-state index is 13.4. The number of benzene rings is 1. The Morgan fingerprint density at radius 3 is 2.89 bits per heavy atom. The van der Waals surface area contributed by atoms with E-state index in [0.717, 1.165) is 13.0 Å². The first-order chi connectivity index (χ1) is 9.29. The third-order valence-electron chi connectivity index (χ3n) is 2.50. The fourth-order valence-electron chi connectivity index (χ4n) is 1.52. The molecular weight excluding hydrogens is 245 g/mol. The SMILES string of the molecule is CCCNc1cncc(OCc2ccccc2F)n1. The predicted molar refractivity (Wildman–Crippen MR) is 71.5 cm³/mol. The van der Waals surface area contributed by atoms with Crippen molar-refractivity contribution in [1.29, 1.82) is 0 Å². The Hall–Kier alpha value is -2.17. The second-order valence-electron chi connectivity index (χ2n) is 4.05. The molecule has 1 aromatic heterocycles. The van der Waals surface area contributed by atoms with Gasteiger partial charge in [0.05, 0.1) is 12.4 Å². The van der Waals surface area contributed by atoms with Crippen LogP contribution in [0.5, 0.6) is 5.88 Å². The molecule has 0 radical (unpaired) electrons. The number of ether oxygens (including phenoxy) is 1. The molecule has 1 N–H and O–H groups in total. The fourth-order valence-corrected chi connectivity index (χ4v) is 1.52. The molecule has 0 amide bonds. The first kappa shape index (κ1) is 13.3. The van der Waals surface area contributed by atoms with Gasteiger partial charge in [-0.3, -0.25) is 4.98 Å². The summed E-state index contributed by atoms with van der Waals surface area (Å²) < 4.78 is 18.8. The van der Waals surface area contributed by atoms with Crippen LogP contribution < -0.4 is 10.1 Å². The minimum atomic E-state index is -0.282. The number of rotatable bonds is 6. The van der Waals surface area contributed by atoms with Crippen molar-refractivity contribution < 1.29 is 9.13 Å². The number of halogens is 1. The van der Waals surface area contributed by atoms with Crippen LogP contribution in [-0.4, -0.2) is 16.5 Å². The number of hydrogen-bond donors (Lipinski definition) is 1. The molecule has 0 fully saturated rings. The second-order valence-corrected chi connectivity index (χ2v) is 4.05. The van der Waals surface area contributed by atoms with E-state index in [1.807, 2.05) is 0 Å². The van der Waals surface area contributed by atoms with Gasteiger partial charge in [0, 0.05) is 12.1 Å². The first-order valence-electron chi connectivity index (χ1n) is 6.21. The van der Waals surface area contributed by atoms with Crippen LogP contribution in [-0.2, 0) is 6.61 Å². The summed E-state index contributed by atoms with van der Waals surface area (Å²) in [7, 11) is 0. The zero-order chi connectivity index (χ0) is 13.5. The van der Waals surface area contributed by atoms with Gasteiger partial charge in [0.15, 0.2) is 0 Å². The van der Waals surface area contributed by atoms with Gasteiger partial charge >= 0.3 is 0 Å². The number of aromatic nitrogens is 2. The molecular formula is C14H16FN3O. The van der Waals surface area contributed by atoms with Crippen molar-refractivity contribution in [2.24, 2.45) is 0 Å². The van der Waals surface area contributed by atoms with Crippen LogP contribution in [0.15, 0.2) is 36.7 Å². The Kier molecular flexibility index (Phi) is 4.66. The van der Waals surface area contributed by atoms with Gasteiger partial charge in [0.25, 0.3) is 0 Å². The van der Waals surface area contributed by atoms with Crippen LogP contribution in [0.2, 0.25) is 0 Å². The Labute approximate surface area is 111 Å². The van der Waals surface area contributed by atoms with Crippen molar-refractivity contribution in [1.82, 2.24) is 9.97 Å². The van der Waals surface area contributed by atoms with Gasteiger partial charge < -0.3 is 10.1 Å². The third kappa shape index (κ3) is 3.91. The molecule has 2 rings (SSSR count). The summed E-state index contributed by atoms with van der Waals surface area (Å²) in [5.41, 5.74) is 0.497. The van der Waals surface area contributed by atoms with E-state index in [-0.39, 0.29) is 12.4 Å². The van der Waals surface area contributed by atoms with Crippen LogP contribution in [0.3, 0.4) is 0 Å². The van der Waals surface area contributed by atoms with E-state index in [9.17, 15) is 4.39 Å². The first-order valence-corrected chi connectivity index (χ1v) is 6.21. The van der Waals surface area contributed by atoms with Crippen molar-refractivity contribution >= 4 is 5.82 Å². The molecule has 0 saturated carbocycles. The van der Waals surface area contributed by atoms with E-state index in [0.29, 0.717) is 17.3 Å². The topological polar surface area (TPSA) is 47.0 Å². The Morgan fingerprint density at radius 1 is 1.26 bits per heavy atom. The molecule has 5 heteroatoms. The molecule has 0 unspecified atom stereocenters. The maximum absolute atomic E-state index is 13.4. The zero-order valence-electron chi connectivity index (χ0n) is 10.8. The molecule has 19 heavy (non-hydrogen) atoms. The predicted octanol–water partition coefficient (Wildman–Crippen LogP) is 3.02. The highest BCUT2D eigenvalue weighted by Gasteiger charge is 2.03. The fraction of sp³-hybridized carbons (Fsp3) is 0.286. The summed E-state index contributed by atoms with van der Waals surface area (Å²) >= 11 is 0. The zero-order valence-corrected chi connectivity index (χ0v) is 10.8. The standard InChI is InChI=1S/C14H16FN3O/c1-2-7-17-13-8-16-9-14(18-13)19-10-11-5-3-4-6-12(11)15/h3-6,8-9H,2,7,10H2,1H3,(H,17,18). The van der Waals surface area contributed by atoms with Crippen molar-refractivity contribution in [3.8, 4) is 5.88 Å². The summed E-state index contributed by atoms with van der Waals surface area (Å²) in [6.07, 6.45) is 4.14. The van der Waals surface area contributed by atoms with E-state index in [2.05, 4.69) is 22.2 Å². The average molecular weight is 261 g/mol. The summed E-state index contributed by atoms with van der Waals surface area (Å²) in [5.74, 6) is 0.757. The molecule has 0 bridgehead atoms. The number of hydrogen-bond acceptors (Lipinski definition) is 4. The van der Waals surface area contributed by atoms with E-state index in [1.54, 1.807) is 24.4 Å². The van der Waals surface area contributed by atoms with Gasteiger partial charge in [-0.05, 0) is 12.5 Å². The molecule has 0 spiro atoms. The largest absolute Gasteiger partial charge is 0.472 e. The highest BCUT2D eigenvalue weighted by molar-refractivity contribution is 5.33. The van der Waals surface area contributed by atoms with Crippen molar-refractivity contribution in [2.75, 3.05) is 11.9 Å². The highest BCUT2D eigenvalue weighted by Crippen LogP contribution is 2.13. The van der Waals surface area contributed by atoms with Crippen LogP contribution in [0.4, 0.5) is 10.2 Å². The van der Waals surface area contributed by atoms with Crippen LogP contribution in [0.1, 0.15) is 18.9 Å². The van der Waals surface area contributed by atoms with Crippen LogP contribution >= 0.6 is 0 Å². The number of nitrogens with zero attached hydrogens (tertiary/aromatic N) is 2. The van der Waals surface area contributed by atoms with Gasteiger partial charge in [0.2, 0.25) is 5.88 Å². The Bertz CT molecular complexity index is 534. The Morgan fingerprint density at radius 2 is 2.11 bits per heavy atom. The lowest BCUT2D eigenvalue weighted by Crippen LogP contribution is -2.05. The molecule has 0 atom stereocenters. The van der Waals surface area contributed by atoms with E-state index < -0.39 is 0 Å². The molecule has 0 saturated heterocycles. The lowest BCUT2D eigenvalue weighted by Gasteiger charge is -2.08. The van der Waals surface area contributed by atoms with Gasteiger partial charge in [-0.15, -0.1) is 0 Å².